The van der Waals surface area contributed by atoms with Crippen LogP contribution >= 0.6 is 0 Å². The first-order chi connectivity index (χ1) is 8.11. The van der Waals surface area contributed by atoms with Crippen LogP contribution in [-0.2, 0) is 0 Å². The van der Waals surface area contributed by atoms with Crippen LogP contribution in [0.2, 0.25) is 0 Å². The third-order valence-corrected chi connectivity index (χ3v) is 3.06. The highest BCUT2D eigenvalue weighted by molar-refractivity contribution is 5.50. The van der Waals surface area contributed by atoms with Gasteiger partial charge in [0.05, 0.1) is 0 Å². The third kappa shape index (κ3) is 3.06. The highest BCUT2D eigenvalue weighted by atomic mass is 15.2. The smallest absolute Gasteiger partial charge is 0.134 e. The fraction of sp³-hybridized carbons (Fsp3) is 0.667. The highest BCUT2D eigenvalue weighted by Gasteiger charge is 2.18. The predicted molar refractivity (Wildman–Crippen MR) is 70.2 cm³/mol. The zero-order chi connectivity index (χ0) is 12.3. The van der Waals surface area contributed by atoms with Crippen molar-refractivity contribution in [2.45, 2.75) is 32.2 Å². The van der Waals surface area contributed by atoms with Crippen LogP contribution in [0.4, 0.5) is 11.6 Å². The van der Waals surface area contributed by atoms with Crippen molar-refractivity contribution < 1.29 is 0 Å². The van der Waals surface area contributed by atoms with Crippen LogP contribution in [0.25, 0.3) is 0 Å². The summed E-state index contributed by atoms with van der Waals surface area (Å²) in [5.74, 6) is 1.85. The van der Waals surface area contributed by atoms with E-state index in [1.54, 1.807) is 6.33 Å². The maximum atomic E-state index is 5.70. The fourth-order valence-electron chi connectivity index (χ4n) is 1.93. The molecule has 1 aliphatic heterocycles. The van der Waals surface area contributed by atoms with Gasteiger partial charge in [-0.1, -0.05) is 0 Å². The molecule has 0 bridgehead atoms. The van der Waals surface area contributed by atoms with Crippen LogP contribution in [0.3, 0.4) is 0 Å². The third-order valence-electron chi connectivity index (χ3n) is 3.06. The Morgan fingerprint density at radius 1 is 1.35 bits per heavy atom. The number of hydrogen-bond donors (Lipinski definition) is 2. The molecule has 3 N–H and O–H groups in total. The number of rotatable bonds is 4. The number of nitrogens with two attached hydrogens (primary N) is 1. The second-order valence-electron chi connectivity index (χ2n) is 5.17. The van der Waals surface area contributed by atoms with E-state index in [1.807, 2.05) is 6.07 Å². The number of anilines is 2. The van der Waals surface area contributed by atoms with Crippen molar-refractivity contribution in [3.8, 4) is 0 Å². The molecule has 0 saturated carbocycles. The summed E-state index contributed by atoms with van der Waals surface area (Å²) in [5, 5.41) is 3.33. The van der Waals surface area contributed by atoms with Crippen molar-refractivity contribution >= 4 is 11.6 Å². The van der Waals surface area contributed by atoms with E-state index in [1.165, 1.54) is 12.8 Å². The van der Waals surface area contributed by atoms with Crippen LogP contribution in [0.5, 0.6) is 0 Å². The molecule has 0 unspecified atom stereocenters. The standard InChI is InChI=1S/C12H21N5/c1-12(2,8-13)16-10-7-11(15-9-14-10)17-5-3-4-6-17/h7,9H,3-6,8,13H2,1-2H3,(H,14,15,16). The van der Waals surface area contributed by atoms with Crippen LogP contribution in [0, 0.1) is 0 Å². The second-order valence-corrected chi connectivity index (χ2v) is 5.17. The first kappa shape index (κ1) is 12.1. The summed E-state index contributed by atoms with van der Waals surface area (Å²) in [6.07, 6.45) is 4.12. The summed E-state index contributed by atoms with van der Waals surface area (Å²) < 4.78 is 0. The maximum Gasteiger partial charge on any atom is 0.134 e. The topological polar surface area (TPSA) is 67.1 Å². The van der Waals surface area contributed by atoms with Crippen LogP contribution in [0.15, 0.2) is 12.4 Å². The molecule has 17 heavy (non-hydrogen) atoms. The van der Waals surface area contributed by atoms with E-state index in [4.69, 9.17) is 5.73 Å². The zero-order valence-corrected chi connectivity index (χ0v) is 10.6. The molecule has 0 amide bonds. The summed E-state index contributed by atoms with van der Waals surface area (Å²) in [6.45, 7) is 6.87. The van der Waals surface area contributed by atoms with Gasteiger partial charge in [0.25, 0.3) is 0 Å². The Labute approximate surface area is 102 Å². The van der Waals surface area contributed by atoms with E-state index in [9.17, 15) is 0 Å². The average molecular weight is 235 g/mol. The minimum Gasteiger partial charge on any atom is -0.364 e. The molecular weight excluding hydrogens is 214 g/mol. The van der Waals surface area contributed by atoms with Crippen LogP contribution in [-0.4, -0.2) is 35.1 Å². The molecule has 5 heteroatoms. The van der Waals surface area contributed by atoms with E-state index in [2.05, 4.69) is 34.0 Å². The number of aromatic nitrogens is 2. The summed E-state index contributed by atoms with van der Waals surface area (Å²) in [4.78, 5) is 10.9. The van der Waals surface area contributed by atoms with Gasteiger partial charge in [-0.25, -0.2) is 9.97 Å². The SMILES string of the molecule is CC(C)(CN)Nc1cc(N2CCCC2)ncn1. The molecule has 0 aromatic carbocycles. The van der Waals surface area contributed by atoms with Gasteiger partial charge in [-0.2, -0.15) is 0 Å². The summed E-state index contributed by atoms with van der Waals surface area (Å²) >= 11 is 0. The van der Waals surface area contributed by atoms with Crippen molar-refractivity contribution in [3.63, 3.8) is 0 Å². The minimum atomic E-state index is -0.142. The van der Waals surface area contributed by atoms with Gasteiger partial charge in [0, 0.05) is 31.2 Å². The van der Waals surface area contributed by atoms with Gasteiger partial charge in [0.1, 0.15) is 18.0 Å². The Hall–Kier alpha value is -1.36. The normalized spacial score (nSPS) is 16.3. The largest absolute Gasteiger partial charge is 0.364 e. The summed E-state index contributed by atoms with van der Waals surface area (Å²) in [5.41, 5.74) is 5.56. The van der Waals surface area contributed by atoms with E-state index < -0.39 is 0 Å². The molecule has 1 saturated heterocycles. The predicted octanol–water partition coefficient (Wildman–Crippen LogP) is 1.23. The number of hydrogen-bond acceptors (Lipinski definition) is 5. The lowest BCUT2D eigenvalue weighted by atomic mass is 10.1. The van der Waals surface area contributed by atoms with Gasteiger partial charge >= 0.3 is 0 Å². The molecular formula is C12H21N5. The van der Waals surface area contributed by atoms with Crippen LogP contribution < -0.4 is 16.0 Å². The molecule has 0 aliphatic carbocycles. The lowest BCUT2D eigenvalue weighted by molar-refractivity contribution is 0.577. The molecule has 2 heterocycles. The number of nitrogens with one attached hydrogen (secondary N) is 1. The van der Waals surface area contributed by atoms with Gasteiger partial charge < -0.3 is 16.0 Å². The molecule has 1 aromatic rings. The van der Waals surface area contributed by atoms with E-state index >= 15 is 0 Å². The Kier molecular flexibility index (Phi) is 3.47. The van der Waals surface area contributed by atoms with Crippen molar-refractivity contribution in [2.75, 3.05) is 29.9 Å². The van der Waals surface area contributed by atoms with Gasteiger partial charge in [0.15, 0.2) is 0 Å². The first-order valence-electron chi connectivity index (χ1n) is 6.16. The fourth-order valence-corrected chi connectivity index (χ4v) is 1.93. The van der Waals surface area contributed by atoms with Crippen molar-refractivity contribution in [1.82, 2.24) is 9.97 Å². The summed E-state index contributed by atoms with van der Waals surface area (Å²) in [6, 6.07) is 2.00. The molecule has 1 fully saturated rings. The quantitative estimate of drug-likeness (QED) is 0.821. The average Bonchev–Trinajstić information content (AvgIpc) is 2.82. The highest BCUT2D eigenvalue weighted by Crippen LogP contribution is 2.20. The molecule has 94 valence electrons. The Bertz CT molecular complexity index is 371. The van der Waals surface area contributed by atoms with Gasteiger partial charge in [-0.15, -0.1) is 0 Å². The van der Waals surface area contributed by atoms with Crippen molar-refractivity contribution in [3.05, 3.63) is 12.4 Å². The second kappa shape index (κ2) is 4.87. The molecule has 0 radical (unpaired) electrons. The molecule has 0 atom stereocenters. The van der Waals surface area contributed by atoms with Gasteiger partial charge in [0.2, 0.25) is 0 Å². The first-order valence-corrected chi connectivity index (χ1v) is 6.16. The van der Waals surface area contributed by atoms with Gasteiger partial charge in [-0.05, 0) is 26.7 Å². The Morgan fingerprint density at radius 3 is 2.71 bits per heavy atom. The molecule has 0 spiro atoms. The van der Waals surface area contributed by atoms with E-state index in [0.717, 1.165) is 24.7 Å². The summed E-state index contributed by atoms with van der Waals surface area (Å²) in [7, 11) is 0. The van der Waals surface area contributed by atoms with E-state index in [0.29, 0.717) is 6.54 Å². The minimum absolute atomic E-state index is 0.142. The lowest BCUT2D eigenvalue weighted by Gasteiger charge is -2.25. The van der Waals surface area contributed by atoms with E-state index in [-0.39, 0.29) is 5.54 Å². The molecule has 1 aliphatic rings. The maximum absolute atomic E-state index is 5.70. The zero-order valence-electron chi connectivity index (χ0n) is 10.6. The van der Waals surface area contributed by atoms with Gasteiger partial charge in [-0.3, -0.25) is 0 Å². The number of nitrogens with zero attached hydrogens (tertiary/aromatic N) is 3. The molecule has 5 nitrogen and oxygen atoms in total. The van der Waals surface area contributed by atoms with Crippen molar-refractivity contribution in [2.24, 2.45) is 5.73 Å². The Morgan fingerprint density at radius 2 is 2.06 bits per heavy atom. The van der Waals surface area contributed by atoms with Crippen molar-refractivity contribution in [1.29, 1.82) is 0 Å². The lowest BCUT2D eigenvalue weighted by Crippen LogP contribution is -2.39. The molecule has 1 aromatic heterocycles. The Balaban J connectivity index is 2.11. The molecule has 2 rings (SSSR count). The van der Waals surface area contributed by atoms with Crippen LogP contribution in [0.1, 0.15) is 26.7 Å². The monoisotopic (exact) mass is 235 g/mol.